The van der Waals surface area contributed by atoms with E-state index in [0.29, 0.717) is 64.7 Å². The number of amides is 2. The number of unbranched alkanes of at least 4 members (excludes halogenated alkanes) is 2. The van der Waals surface area contributed by atoms with Crippen LogP contribution in [0.3, 0.4) is 0 Å². The van der Waals surface area contributed by atoms with Crippen LogP contribution in [-0.2, 0) is 44.5 Å². The van der Waals surface area contributed by atoms with Gasteiger partial charge in [0.2, 0.25) is 11.6 Å². The van der Waals surface area contributed by atoms with Crippen LogP contribution in [0.25, 0.3) is 32.5 Å². The van der Waals surface area contributed by atoms with E-state index in [4.69, 9.17) is 14.1 Å². The molecule has 0 saturated carbocycles. The number of H-pyrrole nitrogens is 1. The van der Waals surface area contributed by atoms with Crippen molar-refractivity contribution in [3.8, 4) is 27.4 Å². The Kier molecular flexibility index (Phi) is 14.1. The van der Waals surface area contributed by atoms with Crippen LogP contribution in [0.1, 0.15) is 90.9 Å². The van der Waals surface area contributed by atoms with Gasteiger partial charge in [0.05, 0.1) is 59.0 Å². The molecule has 0 aliphatic carbocycles. The predicted octanol–water partition coefficient (Wildman–Crippen LogP) is 7.31. The zero-order valence-electron chi connectivity index (χ0n) is 42.5. The minimum Gasteiger partial charge on any atom is -0.476 e. The monoisotopic (exact) mass is 1080 g/mol. The molecule has 398 valence electrons. The normalized spacial score (nSPS) is 18.6. The number of hydrogen-bond donors (Lipinski definition) is 4. The van der Waals surface area contributed by atoms with Crippen molar-refractivity contribution in [1.82, 2.24) is 40.2 Å². The number of likely N-dealkylation sites (tertiary alicyclic amines) is 1. The molecule has 0 bridgehead atoms. The highest BCUT2D eigenvalue weighted by atomic mass is 32.2. The molecule has 1 fully saturated rings. The van der Waals surface area contributed by atoms with Crippen molar-refractivity contribution < 1.29 is 46.0 Å². The molecular formula is C53H56F2N10O9S2. The quantitative estimate of drug-likeness (QED) is 0.0655. The van der Waals surface area contributed by atoms with Gasteiger partial charge in [0.25, 0.3) is 17.3 Å². The van der Waals surface area contributed by atoms with Crippen LogP contribution in [-0.4, -0.2) is 98.8 Å². The number of amidine groups is 1. The molecule has 76 heavy (non-hydrogen) atoms. The second-order valence-corrected chi connectivity index (χ2v) is 23.1. The van der Waals surface area contributed by atoms with Gasteiger partial charge >= 0.3 is 0 Å². The summed E-state index contributed by atoms with van der Waals surface area (Å²) >= 11 is 1.57. The summed E-state index contributed by atoms with van der Waals surface area (Å²) in [6.45, 7) is 8.16. The first-order valence-corrected chi connectivity index (χ1v) is 27.8. The van der Waals surface area contributed by atoms with Gasteiger partial charge in [-0.05, 0) is 66.1 Å². The van der Waals surface area contributed by atoms with Gasteiger partial charge in [-0.2, -0.15) is 0 Å². The molecule has 1 saturated heterocycles. The minimum atomic E-state index is -3.70. The van der Waals surface area contributed by atoms with E-state index in [9.17, 15) is 32.3 Å². The molecule has 0 radical (unpaired) electrons. The average molecular weight is 1080 g/mol. The molecule has 0 spiro atoms. The molecule has 19 nitrogen and oxygen atoms in total. The lowest BCUT2D eigenvalue weighted by Crippen LogP contribution is -2.50. The largest absolute Gasteiger partial charge is 0.476 e. The number of nitrogens with zero attached hydrogens (tertiary/aromatic N) is 7. The number of β-amino-alcohol motifs (C(OH)–C–C–N with tert-alkyl or cyclic N) is 1. The topological polar surface area (TPSA) is 239 Å². The Labute approximate surface area is 439 Å². The summed E-state index contributed by atoms with van der Waals surface area (Å²) in [6, 6.07) is 12.7. The summed E-state index contributed by atoms with van der Waals surface area (Å²) in [7, 11) is -2.12. The number of oxime groups is 1. The third-order valence-corrected chi connectivity index (χ3v) is 15.9. The lowest BCUT2D eigenvalue weighted by molar-refractivity contribution is -0.134. The molecule has 23 heteroatoms. The number of aryl methyl sites for hydroxylation is 2. The number of benzene rings is 2. The van der Waals surface area contributed by atoms with Crippen molar-refractivity contribution in [3.05, 3.63) is 128 Å². The van der Waals surface area contributed by atoms with Gasteiger partial charge in [-0.1, -0.05) is 43.3 Å². The third-order valence-electron chi connectivity index (χ3n) is 14.0. The number of nitrogens with one attached hydrogen (secondary N) is 3. The number of carbonyl (C=O) groups excluding carboxylic acids is 2. The first-order chi connectivity index (χ1) is 36.3. The van der Waals surface area contributed by atoms with E-state index in [1.165, 1.54) is 15.5 Å². The molecule has 3 aliphatic rings. The first-order valence-electron chi connectivity index (χ1n) is 24.8. The lowest BCUT2D eigenvalue weighted by atomic mass is 9.91. The molecule has 4 N–H and O–H groups in total. The van der Waals surface area contributed by atoms with E-state index in [0.717, 1.165) is 34.2 Å². The number of carbonyl (C=O) groups is 2. The Hall–Kier alpha value is -7.50. The molecule has 2 aromatic carbocycles. The number of rotatable bonds is 17. The number of hydrogen-bond acceptors (Lipinski definition) is 16. The van der Waals surface area contributed by atoms with E-state index in [1.54, 1.807) is 47.8 Å². The van der Waals surface area contributed by atoms with Gasteiger partial charge in [-0.25, -0.2) is 27.2 Å². The number of anilines is 2. The van der Waals surface area contributed by atoms with E-state index >= 15 is 4.39 Å². The summed E-state index contributed by atoms with van der Waals surface area (Å²) in [5.74, 6) is -3.46. The maximum atomic E-state index is 15.6. The number of aromatic amines is 1. The van der Waals surface area contributed by atoms with Crippen LogP contribution in [0.4, 0.5) is 20.3 Å². The number of pyridine rings is 2. The molecule has 4 atom stereocenters. The molecule has 3 aliphatic heterocycles. The zero-order valence-corrected chi connectivity index (χ0v) is 44.2. The van der Waals surface area contributed by atoms with Crippen LogP contribution in [0.15, 0.2) is 87.1 Å². The maximum Gasteiger partial charge on any atom is 0.274 e. The molecule has 8 heterocycles. The first kappa shape index (κ1) is 52.0. The van der Waals surface area contributed by atoms with Crippen molar-refractivity contribution in [2.24, 2.45) is 18.1 Å². The van der Waals surface area contributed by atoms with Crippen molar-refractivity contribution >= 4 is 61.2 Å². The maximum absolute atomic E-state index is 15.6. The van der Waals surface area contributed by atoms with Crippen LogP contribution in [0.5, 0.6) is 5.88 Å². The molecule has 2 unspecified atom stereocenters. The van der Waals surface area contributed by atoms with E-state index < -0.39 is 56.9 Å². The van der Waals surface area contributed by atoms with Gasteiger partial charge < -0.3 is 49.2 Å². The number of aliphatic hydroxyl groups is 1. The van der Waals surface area contributed by atoms with Gasteiger partial charge in [-0.15, -0.1) is 11.3 Å². The molecule has 5 aromatic heterocycles. The van der Waals surface area contributed by atoms with Crippen molar-refractivity contribution in [2.75, 3.05) is 30.9 Å². The number of thiazole rings is 1. The van der Waals surface area contributed by atoms with Crippen LogP contribution in [0, 0.1) is 24.5 Å². The molecule has 10 rings (SSSR count). The number of sulfone groups is 1. The van der Waals surface area contributed by atoms with E-state index in [2.05, 4.69) is 35.9 Å². The average Bonchev–Trinajstić information content (AvgIpc) is 4.34. The highest BCUT2D eigenvalue weighted by Crippen LogP contribution is 2.45. The molecule has 2 amide bonds. The second kappa shape index (κ2) is 20.6. The minimum absolute atomic E-state index is 0.0235. The number of fused-ring (bicyclic) bond motifs is 2. The Morgan fingerprint density at radius 2 is 1.87 bits per heavy atom. The van der Waals surface area contributed by atoms with E-state index in [-0.39, 0.29) is 78.4 Å². The highest BCUT2D eigenvalue weighted by Gasteiger charge is 2.47. The lowest BCUT2D eigenvalue weighted by Gasteiger charge is -2.30. The fourth-order valence-corrected chi connectivity index (χ4v) is 11.9. The Morgan fingerprint density at radius 3 is 2.59 bits per heavy atom. The number of halogens is 2. The Morgan fingerprint density at radius 1 is 1.08 bits per heavy atom. The standard InChI is InChI=1S/C53H56F2N10O9S2/c1-28(2)44(51(68)65-24-35(66)18-41(65)48-60-53(4,74-62-48)33-12-10-30(11-13-33)47-29(3)59-27-75-47)42-20-43(61-73-42)72-15-9-7-8-14-56-50(67)36-19-40-37(16-31(36)26-76(6,70)71)38-25-63(5)52(69)46-45(38)32(21-57-46)23-64(40)49-39(55)17-34(54)22-58-49/h10-13,16-17,19-22,25,27-28,35,41,44,57,66H,7-9,14-15,18,23-24,26H2,1-6H3,(H,56,67)(H,60,62)/t35-,41?,44?,53-/m1/s1. The summed E-state index contributed by atoms with van der Waals surface area (Å²) in [5.41, 5.74) is 5.68. The van der Waals surface area contributed by atoms with Gasteiger partial charge in [0.15, 0.2) is 33.1 Å². The van der Waals surface area contributed by atoms with Gasteiger partial charge in [0.1, 0.15) is 17.3 Å². The van der Waals surface area contributed by atoms with Crippen LogP contribution < -0.4 is 25.8 Å². The molecule has 7 aromatic rings. The number of aromatic nitrogens is 5. The fourth-order valence-electron chi connectivity index (χ4n) is 10.3. The summed E-state index contributed by atoms with van der Waals surface area (Å²) in [4.78, 5) is 63.3. The van der Waals surface area contributed by atoms with Crippen LogP contribution in [0.2, 0.25) is 0 Å². The predicted molar refractivity (Wildman–Crippen MR) is 281 cm³/mol. The van der Waals surface area contributed by atoms with Crippen molar-refractivity contribution in [3.63, 3.8) is 0 Å². The summed E-state index contributed by atoms with van der Waals surface area (Å²) in [5, 5.41) is 26.2. The van der Waals surface area contributed by atoms with Crippen LogP contribution >= 0.6 is 11.3 Å². The van der Waals surface area contributed by atoms with Crippen molar-refractivity contribution in [2.45, 2.75) is 89.5 Å². The summed E-state index contributed by atoms with van der Waals surface area (Å²) < 4.78 is 68.5. The van der Waals surface area contributed by atoms with Crippen molar-refractivity contribution in [1.29, 1.82) is 0 Å². The number of aliphatic hydroxyl groups excluding tert-OH is 1. The Balaban J connectivity index is 0.770. The zero-order chi connectivity index (χ0) is 53.8. The van der Waals surface area contributed by atoms with Gasteiger partial charge in [-0.3, -0.25) is 14.4 Å². The Bertz CT molecular complexity index is 3590. The second-order valence-electron chi connectivity index (χ2n) is 20.1. The van der Waals surface area contributed by atoms with E-state index in [1.807, 2.05) is 57.5 Å². The molecular weight excluding hydrogens is 1020 g/mol. The van der Waals surface area contributed by atoms with Gasteiger partial charge in [0, 0.05) is 91.9 Å². The smallest absolute Gasteiger partial charge is 0.274 e. The third kappa shape index (κ3) is 10.2. The fraction of sp³-hybridized carbons (Fsp3) is 0.377. The number of ether oxygens (including phenoxy) is 1. The summed E-state index contributed by atoms with van der Waals surface area (Å²) in [6.07, 6.45) is 6.33. The SMILES string of the molecule is Cc1ncsc1-c1ccc([C@]2(C)NC(C3C[C@@H](O)CN3C(=O)C(c3cc(OCCCCCNC(=O)c4cc5c(cc4CS(C)(=O)=O)-c4cn(C)c(=O)c6[nH]cc(c46)CN5c4ncc(F)cc4F)no3)C(C)C)=NO2)cc1. The highest BCUT2D eigenvalue weighted by molar-refractivity contribution is 7.89.